The Bertz CT molecular complexity index is 288. The number of unbranched alkanes of at least 4 members (excludes halogenated alkanes) is 1. The minimum absolute atomic E-state index is 0.631. The van der Waals surface area contributed by atoms with Crippen molar-refractivity contribution in [2.45, 2.75) is 44.3 Å². The molecule has 0 aromatic carbocycles. The Kier molecular flexibility index (Phi) is 6.40. The van der Waals surface area contributed by atoms with Crippen LogP contribution in [0.4, 0.5) is 0 Å². The molecule has 1 N–H and O–H groups in total. The zero-order chi connectivity index (χ0) is 11.8. The molecular formula is C10H21N5S. The highest BCUT2D eigenvalue weighted by Crippen LogP contribution is 2.15. The summed E-state index contributed by atoms with van der Waals surface area (Å²) in [7, 11) is 1.87. The molecule has 92 valence electrons. The second kappa shape index (κ2) is 7.62. The fourth-order valence-corrected chi connectivity index (χ4v) is 2.36. The lowest BCUT2D eigenvalue weighted by Crippen LogP contribution is -2.25. The number of nitrogens with one attached hydrogen (secondary N) is 1. The third-order valence-electron chi connectivity index (χ3n) is 2.40. The molecule has 0 bridgehead atoms. The number of hydrogen-bond donors (Lipinski definition) is 1. The second-order valence-electron chi connectivity index (χ2n) is 3.89. The molecule has 0 fully saturated rings. The Labute approximate surface area is 101 Å². The Morgan fingerprint density at radius 1 is 1.44 bits per heavy atom. The molecule has 1 atom stereocenters. The van der Waals surface area contributed by atoms with Gasteiger partial charge in [-0.2, -0.15) is 0 Å². The van der Waals surface area contributed by atoms with Gasteiger partial charge in [0.1, 0.15) is 0 Å². The molecule has 0 amide bonds. The van der Waals surface area contributed by atoms with E-state index in [4.69, 9.17) is 0 Å². The van der Waals surface area contributed by atoms with E-state index in [9.17, 15) is 0 Å². The predicted octanol–water partition coefficient (Wildman–Crippen LogP) is 1.47. The highest BCUT2D eigenvalue weighted by Gasteiger charge is 2.03. The SMILES string of the molecule is CCNC(C)CCCCSc1nnnn1C. The minimum atomic E-state index is 0.631. The molecule has 1 heterocycles. The molecule has 1 aromatic heterocycles. The Hall–Kier alpha value is -0.620. The third kappa shape index (κ3) is 4.94. The number of aryl methyl sites for hydroxylation is 1. The first-order valence-electron chi connectivity index (χ1n) is 5.82. The molecule has 5 nitrogen and oxygen atoms in total. The zero-order valence-electron chi connectivity index (χ0n) is 10.3. The third-order valence-corrected chi connectivity index (χ3v) is 3.49. The van der Waals surface area contributed by atoms with Crippen molar-refractivity contribution in [2.24, 2.45) is 7.05 Å². The van der Waals surface area contributed by atoms with Gasteiger partial charge in [-0.25, -0.2) is 4.68 Å². The summed E-state index contributed by atoms with van der Waals surface area (Å²) in [4.78, 5) is 0. The van der Waals surface area contributed by atoms with Gasteiger partial charge < -0.3 is 5.32 Å². The predicted molar refractivity (Wildman–Crippen MR) is 66.5 cm³/mol. The Morgan fingerprint density at radius 3 is 2.88 bits per heavy atom. The molecule has 6 heteroatoms. The topological polar surface area (TPSA) is 55.6 Å². The highest BCUT2D eigenvalue weighted by atomic mass is 32.2. The van der Waals surface area contributed by atoms with Crippen molar-refractivity contribution in [2.75, 3.05) is 12.3 Å². The first-order valence-corrected chi connectivity index (χ1v) is 6.81. The lowest BCUT2D eigenvalue weighted by molar-refractivity contribution is 0.510. The highest BCUT2D eigenvalue weighted by molar-refractivity contribution is 7.99. The maximum Gasteiger partial charge on any atom is 0.209 e. The normalized spacial score (nSPS) is 12.9. The van der Waals surface area contributed by atoms with Gasteiger partial charge in [0.05, 0.1) is 0 Å². The Morgan fingerprint density at radius 2 is 2.25 bits per heavy atom. The molecule has 0 aliphatic carbocycles. The van der Waals surface area contributed by atoms with E-state index in [1.807, 2.05) is 7.05 Å². The van der Waals surface area contributed by atoms with E-state index in [1.165, 1.54) is 19.3 Å². The number of aromatic nitrogens is 4. The van der Waals surface area contributed by atoms with Gasteiger partial charge in [0.25, 0.3) is 0 Å². The Balaban J connectivity index is 2.02. The number of thioether (sulfide) groups is 1. The van der Waals surface area contributed by atoms with E-state index in [1.54, 1.807) is 16.4 Å². The molecular weight excluding hydrogens is 222 g/mol. The first-order chi connectivity index (χ1) is 7.74. The summed E-state index contributed by atoms with van der Waals surface area (Å²) >= 11 is 1.73. The average molecular weight is 243 g/mol. The van der Waals surface area contributed by atoms with Gasteiger partial charge in [-0.15, -0.1) is 5.10 Å². The van der Waals surface area contributed by atoms with E-state index in [0.717, 1.165) is 17.5 Å². The van der Waals surface area contributed by atoms with E-state index < -0.39 is 0 Å². The zero-order valence-corrected chi connectivity index (χ0v) is 11.1. The van der Waals surface area contributed by atoms with Crippen LogP contribution in [0.5, 0.6) is 0 Å². The maximum atomic E-state index is 3.93. The van der Waals surface area contributed by atoms with Crippen LogP contribution in [-0.4, -0.2) is 38.5 Å². The van der Waals surface area contributed by atoms with Crippen LogP contribution in [0, 0.1) is 0 Å². The van der Waals surface area contributed by atoms with Gasteiger partial charge in [-0.1, -0.05) is 25.1 Å². The van der Waals surface area contributed by atoms with Crippen molar-refractivity contribution in [3.63, 3.8) is 0 Å². The molecule has 0 radical (unpaired) electrons. The van der Waals surface area contributed by atoms with Gasteiger partial charge in [-0.3, -0.25) is 0 Å². The van der Waals surface area contributed by atoms with Crippen LogP contribution >= 0.6 is 11.8 Å². The van der Waals surface area contributed by atoms with Crippen molar-refractivity contribution >= 4 is 11.8 Å². The van der Waals surface area contributed by atoms with Gasteiger partial charge in [-0.05, 0) is 36.7 Å². The molecule has 0 saturated carbocycles. The summed E-state index contributed by atoms with van der Waals surface area (Å²) in [5.74, 6) is 1.09. The van der Waals surface area contributed by atoms with Crippen LogP contribution < -0.4 is 5.32 Å². The van der Waals surface area contributed by atoms with Crippen molar-refractivity contribution in [1.29, 1.82) is 0 Å². The molecule has 0 aliphatic rings. The van der Waals surface area contributed by atoms with E-state index in [2.05, 4.69) is 34.7 Å². The van der Waals surface area contributed by atoms with Gasteiger partial charge >= 0.3 is 0 Å². The summed E-state index contributed by atoms with van der Waals surface area (Å²) in [5, 5.41) is 15.6. The van der Waals surface area contributed by atoms with Gasteiger partial charge in [0, 0.05) is 18.8 Å². The first kappa shape index (κ1) is 13.4. The van der Waals surface area contributed by atoms with Crippen LogP contribution in [0.25, 0.3) is 0 Å². The number of hydrogen-bond acceptors (Lipinski definition) is 5. The van der Waals surface area contributed by atoms with Crippen LogP contribution in [0.1, 0.15) is 33.1 Å². The van der Waals surface area contributed by atoms with Crippen molar-refractivity contribution in [1.82, 2.24) is 25.5 Å². The summed E-state index contributed by atoms with van der Waals surface area (Å²) < 4.78 is 1.71. The van der Waals surface area contributed by atoms with Gasteiger partial charge in [0.2, 0.25) is 5.16 Å². The van der Waals surface area contributed by atoms with Crippen LogP contribution in [0.3, 0.4) is 0 Å². The largest absolute Gasteiger partial charge is 0.315 e. The summed E-state index contributed by atoms with van der Waals surface area (Å²) in [6.07, 6.45) is 3.71. The van der Waals surface area contributed by atoms with E-state index >= 15 is 0 Å². The molecule has 16 heavy (non-hydrogen) atoms. The lowest BCUT2D eigenvalue weighted by Gasteiger charge is -2.11. The quantitative estimate of drug-likeness (QED) is 0.553. The molecule has 0 spiro atoms. The summed E-state index contributed by atoms with van der Waals surface area (Å²) in [6, 6.07) is 0.631. The van der Waals surface area contributed by atoms with Crippen LogP contribution in [0.15, 0.2) is 5.16 Å². The fourth-order valence-electron chi connectivity index (χ4n) is 1.51. The molecule has 0 aliphatic heterocycles. The number of rotatable bonds is 8. The van der Waals surface area contributed by atoms with E-state index in [-0.39, 0.29) is 0 Å². The second-order valence-corrected chi connectivity index (χ2v) is 4.95. The summed E-state index contributed by atoms with van der Waals surface area (Å²) in [5.41, 5.74) is 0. The maximum absolute atomic E-state index is 3.93. The molecule has 1 aromatic rings. The van der Waals surface area contributed by atoms with Crippen LogP contribution in [-0.2, 0) is 7.05 Å². The van der Waals surface area contributed by atoms with Gasteiger partial charge in [0.15, 0.2) is 0 Å². The molecule has 1 unspecified atom stereocenters. The van der Waals surface area contributed by atoms with E-state index in [0.29, 0.717) is 6.04 Å². The average Bonchev–Trinajstić information content (AvgIpc) is 2.64. The molecule has 0 saturated heterocycles. The van der Waals surface area contributed by atoms with Crippen molar-refractivity contribution in [3.05, 3.63) is 0 Å². The number of tetrazole rings is 1. The van der Waals surface area contributed by atoms with Crippen molar-refractivity contribution < 1.29 is 0 Å². The lowest BCUT2D eigenvalue weighted by atomic mass is 10.1. The molecule has 1 rings (SSSR count). The standard InChI is InChI=1S/C10H21N5S/c1-4-11-9(2)7-5-6-8-16-10-12-13-14-15(10)3/h9,11H,4-8H2,1-3H3. The number of nitrogens with zero attached hydrogens (tertiary/aromatic N) is 4. The smallest absolute Gasteiger partial charge is 0.209 e. The van der Waals surface area contributed by atoms with Crippen molar-refractivity contribution in [3.8, 4) is 0 Å². The van der Waals surface area contributed by atoms with Crippen LogP contribution in [0.2, 0.25) is 0 Å². The summed E-state index contributed by atoms with van der Waals surface area (Å²) in [6.45, 7) is 5.44. The monoisotopic (exact) mass is 243 g/mol. The minimum Gasteiger partial charge on any atom is -0.315 e. The fraction of sp³-hybridized carbons (Fsp3) is 0.900.